The molecule has 3 N–H and O–H groups in total. The van der Waals surface area contributed by atoms with Gasteiger partial charge in [-0.1, -0.05) is 6.92 Å². The Labute approximate surface area is 164 Å². The highest BCUT2D eigenvalue weighted by molar-refractivity contribution is 5.86. The largest absolute Gasteiger partial charge is 0.458 e. The monoisotopic (exact) mass is 395 g/mol. The number of esters is 1. The van der Waals surface area contributed by atoms with Crippen LogP contribution in [-0.4, -0.2) is 20.6 Å². The summed E-state index contributed by atoms with van der Waals surface area (Å²) in [6.07, 6.45) is 0.0822. The summed E-state index contributed by atoms with van der Waals surface area (Å²) in [5.74, 6) is -1.15. The molecule has 148 valence electrons. The van der Waals surface area contributed by atoms with Crippen molar-refractivity contribution in [2.75, 3.05) is 0 Å². The minimum atomic E-state index is -1.86. The van der Waals surface area contributed by atoms with Crippen LogP contribution in [0.25, 0.3) is 22.3 Å². The maximum absolute atomic E-state index is 14.1. The maximum Gasteiger partial charge on any atom is 0.343 e. The van der Waals surface area contributed by atoms with Gasteiger partial charge in [0.05, 0.1) is 29.0 Å². The van der Waals surface area contributed by atoms with Crippen molar-refractivity contribution in [3.05, 3.63) is 62.7 Å². The average molecular weight is 395 g/mol. The zero-order chi connectivity index (χ0) is 20.5. The van der Waals surface area contributed by atoms with Crippen molar-refractivity contribution in [2.45, 2.75) is 38.6 Å². The number of aromatic nitrogens is 2. The van der Waals surface area contributed by atoms with Gasteiger partial charge in [-0.2, -0.15) is 0 Å². The van der Waals surface area contributed by atoms with Crippen molar-refractivity contribution < 1.29 is 19.0 Å². The first kappa shape index (κ1) is 18.0. The van der Waals surface area contributed by atoms with Gasteiger partial charge in [0.25, 0.3) is 5.56 Å². The van der Waals surface area contributed by atoms with E-state index in [1.165, 1.54) is 6.07 Å². The third-order valence-electron chi connectivity index (χ3n) is 5.90. The molecule has 7 nitrogen and oxygen atoms in total. The number of aliphatic hydroxyl groups is 1. The fraction of sp³-hybridized carbons (Fsp3) is 0.286. The minimum absolute atomic E-state index is 0.0513. The van der Waals surface area contributed by atoms with E-state index in [0.717, 1.165) is 5.56 Å². The van der Waals surface area contributed by atoms with E-state index < -0.39 is 17.4 Å². The quantitative estimate of drug-likeness (QED) is 0.500. The van der Waals surface area contributed by atoms with Gasteiger partial charge in [-0.05, 0) is 30.7 Å². The molecular weight excluding hydrogens is 377 g/mol. The van der Waals surface area contributed by atoms with Gasteiger partial charge in [-0.15, -0.1) is 0 Å². The van der Waals surface area contributed by atoms with Crippen molar-refractivity contribution in [3.63, 3.8) is 0 Å². The van der Waals surface area contributed by atoms with Crippen LogP contribution in [0.2, 0.25) is 0 Å². The zero-order valence-corrected chi connectivity index (χ0v) is 15.7. The standard InChI is InChI=1S/C21H18FN3O4/c1-2-21(28)14-6-17-18-12(8-25(17)19(26)13(14)9-29-20(21)27)3-10-4-15(22)11(7-23)5-16(10)24-18/h3-6,28H,2,7-9,23H2,1H3/t21-/m0/s1. The number of nitrogens with zero attached hydrogens (tertiary/aromatic N) is 2. The number of carbonyl (C=O) groups excluding carboxylic acids is 1. The van der Waals surface area contributed by atoms with Crippen LogP contribution in [0.15, 0.2) is 29.1 Å². The molecule has 3 aromatic rings. The second kappa shape index (κ2) is 5.95. The SMILES string of the molecule is CC[C@@]1(O)C(=O)OCc2c1cc1n(c2=O)Cc2cc3cc(F)c(CN)cc3nc2-1. The van der Waals surface area contributed by atoms with Crippen molar-refractivity contribution in [1.82, 2.24) is 9.55 Å². The summed E-state index contributed by atoms with van der Waals surface area (Å²) in [5.41, 5.74) is 6.73. The van der Waals surface area contributed by atoms with Crippen molar-refractivity contribution in [1.29, 1.82) is 0 Å². The van der Waals surface area contributed by atoms with Gasteiger partial charge in [-0.25, -0.2) is 14.2 Å². The summed E-state index contributed by atoms with van der Waals surface area (Å²) in [4.78, 5) is 29.9. The number of rotatable bonds is 2. The Morgan fingerprint density at radius 3 is 2.83 bits per heavy atom. The Kier molecular flexibility index (Phi) is 3.68. The highest BCUT2D eigenvalue weighted by Gasteiger charge is 2.45. The summed E-state index contributed by atoms with van der Waals surface area (Å²) in [7, 11) is 0. The number of fused-ring (bicyclic) bond motifs is 5. The number of nitrogens with two attached hydrogens (primary N) is 1. The molecule has 29 heavy (non-hydrogen) atoms. The Hall–Kier alpha value is -3.10. The third kappa shape index (κ3) is 2.33. The van der Waals surface area contributed by atoms with Crippen LogP contribution in [0.4, 0.5) is 4.39 Å². The number of pyridine rings is 2. The molecule has 0 amide bonds. The van der Waals surface area contributed by atoms with Gasteiger partial charge in [0.1, 0.15) is 12.4 Å². The maximum atomic E-state index is 14.1. The molecule has 0 aliphatic carbocycles. The lowest BCUT2D eigenvalue weighted by Gasteiger charge is -2.31. The first-order valence-corrected chi connectivity index (χ1v) is 9.36. The van der Waals surface area contributed by atoms with Crippen molar-refractivity contribution in [3.8, 4) is 11.4 Å². The molecule has 0 unspecified atom stereocenters. The van der Waals surface area contributed by atoms with Crippen LogP contribution < -0.4 is 11.3 Å². The lowest BCUT2D eigenvalue weighted by atomic mass is 9.86. The van der Waals surface area contributed by atoms with E-state index in [1.54, 1.807) is 29.7 Å². The van der Waals surface area contributed by atoms with Gasteiger partial charge in [0.15, 0.2) is 5.60 Å². The fourth-order valence-corrected chi connectivity index (χ4v) is 4.20. The number of hydrogen-bond acceptors (Lipinski definition) is 6. The molecule has 0 saturated carbocycles. The normalized spacial score (nSPS) is 19.7. The summed E-state index contributed by atoms with van der Waals surface area (Å²) in [6, 6.07) is 6.45. The van der Waals surface area contributed by atoms with Gasteiger partial charge in [0.2, 0.25) is 0 Å². The summed E-state index contributed by atoms with van der Waals surface area (Å²) < 4.78 is 20.7. The van der Waals surface area contributed by atoms with Gasteiger partial charge < -0.3 is 20.1 Å². The van der Waals surface area contributed by atoms with Crippen molar-refractivity contribution in [2.24, 2.45) is 5.73 Å². The van der Waals surface area contributed by atoms with Crippen LogP contribution >= 0.6 is 0 Å². The predicted octanol–water partition coefficient (Wildman–Crippen LogP) is 1.68. The molecular formula is C21H18FN3O4. The fourth-order valence-electron chi connectivity index (χ4n) is 4.20. The molecule has 8 heteroatoms. The van der Waals surface area contributed by atoms with E-state index in [9.17, 15) is 19.1 Å². The topological polar surface area (TPSA) is 107 Å². The van der Waals surface area contributed by atoms with E-state index in [1.807, 2.05) is 0 Å². The number of hydrogen-bond donors (Lipinski definition) is 2. The van der Waals surface area contributed by atoms with E-state index in [0.29, 0.717) is 27.9 Å². The minimum Gasteiger partial charge on any atom is -0.458 e. The number of benzene rings is 1. The molecule has 2 aliphatic heterocycles. The van der Waals surface area contributed by atoms with Gasteiger partial charge >= 0.3 is 5.97 Å². The molecule has 0 spiro atoms. The predicted molar refractivity (Wildman–Crippen MR) is 102 cm³/mol. The molecule has 2 aromatic heterocycles. The second-order valence-electron chi connectivity index (χ2n) is 7.44. The van der Waals surface area contributed by atoms with E-state index >= 15 is 0 Å². The first-order valence-electron chi connectivity index (χ1n) is 9.36. The Bertz CT molecular complexity index is 1280. The molecule has 5 rings (SSSR count). The number of cyclic esters (lactones) is 1. The first-order chi connectivity index (χ1) is 13.9. The molecule has 0 fully saturated rings. The summed E-state index contributed by atoms with van der Waals surface area (Å²) >= 11 is 0. The van der Waals surface area contributed by atoms with Crippen molar-refractivity contribution >= 4 is 16.9 Å². The van der Waals surface area contributed by atoms with Crippen LogP contribution in [0.1, 0.15) is 35.6 Å². The Morgan fingerprint density at radius 1 is 1.31 bits per heavy atom. The highest BCUT2D eigenvalue weighted by Crippen LogP contribution is 2.38. The van der Waals surface area contributed by atoms with Crippen LogP contribution in [0.3, 0.4) is 0 Å². The average Bonchev–Trinajstić information content (AvgIpc) is 3.07. The summed E-state index contributed by atoms with van der Waals surface area (Å²) in [6.45, 7) is 1.81. The summed E-state index contributed by atoms with van der Waals surface area (Å²) in [5, 5.41) is 11.5. The number of ether oxygens (including phenoxy) is 1. The van der Waals surface area contributed by atoms with Gasteiger partial charge in [-0.3, -0.25) is 4.79 Å². The third-order valence-corrected chi connectivity index (χ3v) is 5.90. The molecule has 0 radical (unpaired) electrons. The zero-order valence-electron chi connectivity index (χ0n) is 15.7. The Morgan fingerprint density at radius 2 is 2.10 bits per heavy atom. The molecule has 1 atom stereocenters. The highest BCUT2D eigenvalue weighted by atomic mass is 19.1. The molecule has 0 saturated heterocycles. The van der Waals surface area contributed by atoms with Gasteiger partial charge in [0, 0.05) is 28.6 Å². The lowest BCUT2D eigenvalue weighted by Crippen LogP contribution is -2.44. The van der Waals surface area contributed by atoms with Crippen LogP contribution in [-0.2, 0) is 34.8 Å². The second-order valence-corrected chi connectivity index (χ2v) is 7.44. The molecule has 1 aromatic carbocycles. The van der Waals surface area contributed by atoms with Crippen LogP contribution in [0, 0.1) is 5.82 Å². The van der Waals surface area contributed by atoms with E-state index in [4.69, 9.17) is 10.5 Å². The smallest absolute Gasteiger partial charge is 0.343 e. The number of halogens is 1. The lowest BCUT2D eigenvalue weighted by molar-refractivity contribution is -0.172. The van der Waals surface area contributed by atoms with E-state index in [2.05, 4.69) is 4.98 Å². The molecule has 4 heterocycles. The van der Waals surface area contributed by atoms with E-state index in [-0.39, 0.29) is 42.8 Å². The molecule has 2 aliphatic rings. The molecule has 0 bridgehead atoms. The Balaban J connectivity index is 1.78. The van der Waals surface area contributed by atoms with Crippen LogP contribution in [0.5, 0.6) is 0 Å². The number of carbonyl (C=O) groups is 1.